The van der Waals surface area contributed by atoms with Crippen LogP contribution >= 0.6 is 0 Å². The molecule has 4 fully saturated rings. The van der Waals surface area contributed by atoms with Gasteiger partial charge in [-0.2, -0.15) is 0 Å². The minimum atomic E-state index is -0.583. The van der Waals surface area contributed by atoms with Crippen LogP contribution in [-0.4, -0.2) is 30.9 Å². The highest BCUT2D eigenvalue weighted by molar-refractivity contribution is 5.94. The molecule has 0 aromatic heterocycles. The zero-order valence-corrected chi connectivity index (χ0v) is 18.2. The minimum Gasteiger partial charge on any atom is -0.454 e. The molecule has 2 N–H and O–H groups in total. The second kappa shape index (κ2) is 8.05. The van der Waals surface area contributed by atoms with Crippen molar-refractivity contribution in [1.29, 1.82) is 0 Å². The van der Waals surface area contributed by atoms with Gasteiger partial charge in [0.05, 0.1) is 0 Å². The van der Waals surface area contributed by atoms with Crippen molar-refractivity contribution in [2.24, 2.45) is 23.2 Å². The third-order valence-corrected chi connectivity index (χ3v) is 7.22. The van der Waals surface area contributed by atoms with Crippen LogP contribution < -0.4 is 10.6 Å². The van der Waals surface area contributed by atoms with Crippen molar-refractivity contribution in [3.63, 3.8) is 0 Å². The van der Waals surface area contributed by atoms with Crippen LogP contribution in [0.15, 0.2) is 12.1 Å². The number of hydrogen-bond donors (Lipinski definition) is 2. The molecule has 2 amide bonds. The third-order valence-electron chi connectivity index (χ3n) is 7.22. The first-order valence-electron chi connectivity index (χ1n) is 11.1. The summed E-state index contributed by atoms with van der Waals surface area (Å²) in [6.45, 7) is 5.32. The van der Waals surface area contributed by atoms with Gasteiger partial charge in [-0.3, -0.25) is 14.4 Å². The Bertz CT molecular complexity index is 818. The summed E-state index contributed by atoms with van der Waals surface area (Å²) in [4.78, 5) is 37.2. The summed E-state index contributed by atoms with van der Waals surface area (Å²) in [6, 6.07) is 3.99. The van der Waals surface area contributed by atoms with Crippen molar-refractivity contribution in [2.45, 2.75) is 59.3 Å². The summed E-state index contributed by atoms with van der Waals surface area (Å²) in [6.07, 6.45) is 6.67. The van der Waals surface area contributed by atoms with Crippen molar-refractivity contribution in [1.82, 2.24) is 5.32 Å². The number of esters is 1. The van der Waals surface area contributed by atoms with Crippen LogP contribution in [0.1, 0.15) is 55.2 Å². The van der Waals surface area contributed by atoms with Gasteiger partial charge in [-0.15, -0.1) is 0 Å². The number of carbonyl (C=O) groups excluding carboxylic acids is 3. The van der Waals surface area contributed by atoms with Gasteiger partial charge in [0.1, 0.15) is 6.54 Å². The number of amides is 2. The summed E-state index contributed by atoms with van der Waals surface area (Å²) in [5.74, 6) is 1.05. The van der Waals surface area contributed by atoms with Crippen LogP contribution in [0.25, 0.3) is 0 Å². The van der Waals surface area contributed by atoms with Gasteiger partial charge in [0.2, 0.25) is 5.91 Å². The summed E-state index contributed by atoms with van der Waals surface area (Å²) in [7, 11) is 0. The molecule has 0 atom stereocenters. The van der Waals surface area contributed by atoms with Gasteiger partial charge in [0.15, 0.2) is 6.61 Å². The van der Waals surface area contributed by atoms with Crippen LogP contribution in [0.3, 0.4) is 0 Å². The molecule has 4 saturated carbocycles. The molecule has 0 spiro atoms. The largest absolute Gasteiger partial charge is 0.454 e. The van der Waals surface area contributed by atoms with E-state index in [1.807, 2.05) is 32.9 Å². The van der Waals surface area contributed by atoms with Crippen LogP contribution in [0.5, 0.6) is 0 Å². The first-order valence-corrected chi connectivity index (χ1v) is 11.1. The predicted octanol–water partition coefficient (Wildman–Crippen LogP) is 3.43. The maximum atomic E-state index is 12.9. The van der Waals surface area contributed by atoms with Gasteiger partial charge in [-0.25, -0.2) is 0 Å². The Morgan fingerprint density at radius 3 is 2.03 bits per heavy atom. The van der Waals surface area contributed by atoms with E-state index in [0.717, 1.165) is 41.6 Å². The van der Waals surface area contributed by atoms with Crippen molar-refractivity contribution >= 4 is 23.5 Å². The number of nitrogens with one attached hydrogen (secondary N) is 2. The molecular weight excluding hydrogens is 380 g/mol. The first-order chi connectivity index (χ1) is 14.2. The van der Waals surface area contributed by atoms with E-state index in [0.29, 0.717) is 17.8 Å². The summed E-state index contributed by atoms with van der Waals surface area (Å²) in [5, 5.41) is 5.60. The maximum absolute atomic E-state index is 12.9. The van der Waals surface area contributed by atoms with Crippen molar-refractivity contribution in [2.75, 3.05) is 18.5 Å². The van der Waals surface area contributed by atoms with E-state index in [2.05, 4.69) is 10.6 Å². The van der Waals surface area contributed by atoms with Crippen molar-refractivity contribution < 1.29 is 19.1 Å². The highest BCUT2D eigenvalue weighted by atomic mass is 16.5. The maximum Gasteiger partial charge on any atom is 0.325 e. The molecular formula is C24H32N2O4. The molecule has 162 valence electrons. The van der Waals surface area contributed by atoms with E-state index in [1.165, 1.54) is 19.3 Å². The molecule has 1 aromatic rings. The number of hydrogen-bond acceptors (Lipinski definition) is 4. The minimum absolute atomic E-state index is 0.00564. The zero-order chi connectivity index (χ0) is 21.5. The molecule has 0 heterocycles. The van der Waals surface area contributed by atoms with Crippen LogP contribution in [0.4, 0.5) is 5.69 Å². The molecule has 0 radical (unpaired) electrons. The second-order valence-electron chi connectivity index (χ2n) is 9.86. The van der Waals surface area contributed by atoms with E-state index < -0.39 is 5.97 Å². The lowest BCUT2D eigenvalue weighted by Crippen LogP contribution is -2.54. The molecule has 6 nitrogen and oxygen atoms in total. The molecule has 0 unspecified atom stereocenters. The third kappa shape index (κ3) is 4.23. The molecule has 1 aromatic carbocycles. The number of rotatable bonds is 6. The van der Waals surface area contributed by atoms with E-state index in [-0.39, 0.29) is 30.4 Å². The van der Waals surface area contributed by atoms with Crippen molar-refractivity contribution in [3.05, 3.63) is 28.8 Å². The summed E-state index contributed by atoms with van der Waals surface area (Å²) >= 11 is 0. The zero-order valence-electron chi connectivity index (χ0n) is 18.2. The normalized spacial score (nSPS) is 28.8. The van der Waals surface area contributed by atoms with Crippen LogP contribution in [0.2, 0.25) is 0 Å². The van der Waals surface area contributed by atoms with Gasteiger partial charge >= 0.3 is 5.97 Å². The second-order valence-corrected chi connectivity index (χ2v) is 9.86. The molecule has 4 aliphatic rings. The fourth-order valence-electron chi connectivity index (χ4n) is 6.48. The molecule has 4 aliphatic carbocycles. The molecule has 5 rings (SSSR count). The number of ether oxygens (including phenoxy) is 1. The van der Waals surface area contributed by atoms with E-state index >= 15 is 0 Å². The first kappa shape index (κ1) is 20.9. The van der Waals surface area contributed by atoms with Crippen LogP contribution in [0, 0.1) is 43.9 Å². The Morgan fingerprint density at radius 2 is 1.50 bits per heavy atom. The SMILES string of the molecule is Cc1cc(C)c(NC(=O)COC(=O)CNC(=O)C23CC4CC(CC(C4)C2)C3)c(C)c1. The number of anilines is 1. The van der Waals surface area contributed by atoms with Gasteiger partial charge in [-0.1, -0.05) is 17.7 Å². The Kier molecular flexibility index (Phi) is 5.60. The van der Waals surface area contributed by atoms with Gasteiger partial charge in [0, 0.05) is 11.1 Å². The fraction of sp³-hybridized carbons (Fsp3) is 0.625. The lowest BCUT2D eigenvalue weighted by atomic mass is 9.49. The smallest absolute Gasteiger partial charge is 0.325 e. The van der Waals surface area contributed by atoms with Gasteiger partial charge in [0.25, 0.3) is 5.91 Å². The Balaban J connectivity index is 1.24. The van der Waals surface area contributed by atoms with E-state index in [9.17, 15) is 14.4 Å². The predicted molar refractivity (Wildman–Crippen MR) is 114 cm³/mol. The standard InChI is InChI=1S/C24H32N2O4/c1-14-4-15(2)22(16(3)5-14)26-20(27)13-30-21(28)12-25-23(29)24-9-17-6-18(10-24)8-19(7-17)11-24/h4-5,17-19H,6-13H2,1-3H3,(H,25,29)(H,26,27). The fourth-order valence-corrected chi connectivity index (χ4v) is 6.48. The number of carbonyl (C=O) groups is 3. The van der Waals surface area contributed by atoms with Gasteiger partial charge < -0.3 is 15.4 Å². The van der Waals surface area contributed by atoms with Crippen LogP contribution in [-0.2, 0) is 19.1 Å². The lowest BCUT2D eigenvalue weighted by molar-refractivity contribution is -0.152. The quantitative estimate of drug-likeness (QED) is 0.701. The lowest BCUT2D eigenvalue weighted by Gasteiger charge is -2.55. The number of aryl methyl sites for hydroxylation is 3. The molecule has 0 saturated heterocycles. The Labute approximate surface area is 178 Å². The summed E-state index contributed by atoms with van der Waals surface area (Å²) in [5.41, 5.74) is 3.53. The number of benzene rings is 1. The monoisotopic (exact) mass is 412 g/mol. The topological polar surface area (TPSA) is 84.5 Å². The highest BCUT2D eigenvalue weighted by Gasteiger charge is 2.54. The molecule has 0 aliphatic heterocycles. The Hall–Kier alpha value is -2.37. The average Bonchev–Trinajstić information content (AvgIpc) is 2.66. The van der Waals surface area contributed by atoms with Crippen molar-refractivity contribution in [3.8, 4) is 0 Å². The molecule has 4 bridgehead atoms. The summed E-state index contributed by atoms with van der Waals surface area (Å²) < 4.78 is 5.08. The van der Waals surface area contributed by atoms with E-state index in [1.54, 1.807) is 0 Å². The molecule has 30 heavy (non-hydrogen) atoms. The van der Waals surface area contributed by atoms with Gasteiger partial charge in [-0.05, 0) is 88.2 Å². The average molecular weight is 413 g/mol. The Morgan fingerprint density at radius 1 is 0.967 bits per heavy atom. The molecule has 6 heteroatoms. The highest BCUT2D eigenvalue weighted by Crippen LogP contribution is 2.60. The van der Waals surface area contributed by atoms with E-state index in [4.69, 9.17) is 4.74 Å².